The van der Waals surface area contributed by atoms with Crippen molar-refractivity contribution in [2.45, 2.75) is 36.9 Å². The van der Waals surface area contributed by atoms with E-state index in [4.69, 9.17) is 14.2 Å². The molecule has 0 bridgehead atoms. The predicted octanol–water partition coefficient (Wildman–Crippen LogP) is 5.55. The Kier molecular flexibility index (Phi) is 11.0. The molecule has 5 rings (SSSR count). The highest BCUT2D eigenvalue weighted by atomic mass is 16.5. The molecule has 3 atom stereocenters. The van der Waals surface area contributed by atoms with Gasteiger partial charge in [0.1, 0.15) is 18.4 Å². The Balaban J connectivity index is 1.24. The van der Waals surface area contributed by atoms with Gasteiger partial charge in [0.15, 0.2) is 0 Å². The molecule has 1 fully saturated rings. The molecule has 0 aliphatic carbocycles. The number of para-hydroxylation sites is 2. The maximum atomic E-state index is 14.0. The van der Waals surface area contributed by atoms with Crippen molar-refractivity contribution in [1.82, 2.24) is 10.6 Å². The minimum Gasteiger partial charge on any atom is -0.492 e. The fourth-order valence-electron chi connectivity index (χ4n) is 5.45. The van der Waals surface area contributed by atoms with Crippen LogP contribution >= 0.6 is 0 Å². The van der Waals surface area contributed by atoms with Gasteiger partial charge in [-0.15, -0.1) is 0 Å². The Labute approximate surface area is 258 Å². The van der Waals surface area contributed by atoms with Gasteiger partial charge in [0, 0.05) is 18.2 Å². The number of anilines is 1. The summed E-state index contributed by atoms with van der Waals surface area (Å²) >= 11 is 0. The van der Waals surface area contributed by atoms with E-state index in [1.807, 2.05) is 115 Å². The molecule has 1 saturated heterocycles. The highest BCUT2D eigenvalue weighted by Crippen LogP contribution is 2.30. The third-order valence-electron chi connectivity index (χ3n) is 7.76. The zero-order valence-electron chi connectivity index (χ0n) is 24.9. The van der Waals surface area contributed by atoms with Crippen LogP contribution in [0, 0.1) is 0 Å². The summed E-state index contributed by atoms with van der Waals surface area (Å²) in [6.45, 7) is 1.83. The van der Waals surface area contributed by atoms with Gasteiger partial charge in [-0.1, -0.05) is 97.1 Å². The van der Waals surface area contributed by atoms with E-state index in [0.29, 0.717) is 25.3 Å². The van der Waals surface area contributed by atoms with E-state index < -0.39 is 18.1 Å². The number of hydrogen-bond acceptors (Lipinski definition) is 6. The fourth-order valence-corrected chi connectivity index (χ4v) is 5.45. The summed E-state index contributed by atoms with van der Waals surface area (Å²) in [7, 11) is 1.29. The van der Waals surface area contributed by atoms with Gasteiger partial charge in [0.2, 0.25) is 5.91 Å². The first kappa shape index (κ1) is 30.8. The van der Waals surface area contributed by atoms with Crippen molar-refractivity contribution in [3.05, 3.63) is 132 Å². The minimum atomic E-state index is -0.929. The first-order chi connectivity index (χ1) is 21.6. The lowest BCUT2D eigenvalue weighted by molar-refractivity contribution is -0.118. The minimum absolute atomic E-state index is 0.0426. The normalized spacial score (nSPS) is 17.0. The number of alkyl carbamates (subject to hydrolysis) is 1. The molecule has 44 heavy (non-hydrogen) atoms. The number of benzene rings is 4. The molecule has 1 aliphatic heterocycles. The van der Waals surface area contributed by atoms with Crippen LogP contribution in [-0.2, 0) is 20.7 Å². The monoisotopic (exact) mass is 593 g/mol. The summed E-state index contributed by atoms with van der Waals surface area (Å²) in [6, 6.07) is 36.1. The van der Waals surface area contributed by atoms with E-state index in [1.165, 1.54) is 7.11 Å². The molecule has 228 valence electrons. The van der Waals surface area contributed by atoms with E-state index in [0.717, 1.165) is 35.4 Å². The van der Waals surface area contributed by atoms with Crippen molar-refractivity contribution in [3.8, 4) is 5.75 Å². The van der Waals surface area contributed by atoms with Gasteiger partial charge in [0.05, 0.1) is 25.9 Å². The second-order valence-electron chi connectivity index (χ2n) is 10.8. The summed E-state index contributed by atoms with van der Waals surface area (Å²) in [5.41, 5.74) is 3.50. The number of hydrogen-bond donors (Lipinski definition) is 3. The second kappa shape index (κ2) is 15.7. The average molecular weight is 594 g/mol. The van der Waals surface area contributed by atoms with Crippen molar-refractivity contribution in [1.29, 1.82) is 0 Å². The summed E-state index contributed by atoms with van der Waals surface area (Å²) in [4.78, 5) is 26.5. The van der Waals surface area contributed by atoms with Gasteiger partial charge in [-0.05, 0) is 47.7 Å². The Bertz CT molecular complexity index is 1420. The maximum absolute atomic E-state index is 14.0. The lowest BCUT2D eigenvalue weighted by Crippen LogP contribution is -2.49. The van der Waals surface area contributed by atoms with Crippen molar-refractivity contribution in [2.75, 3.05) is 32.2 Å². The average Bonchev–Trinajstić information content (AvgIpc) is 3.08. The SMILES string of the molecule is COC(=O)NC(C(=O)Nc1ccccc1CCC1CNC(COc2ccccc2)CO1)C(c1ccccc1)c1ccccc1. The van der Waals surface area contributed by atoms with Gasteiger partial charge < -0.3 is 30.2 Å². The first-order valence-corrected chi connectivity index (χ1v) is 15.0. The zero-order chi connectivity index (χ0) is 30.6. The molecule has 2 amide bonds. The quantitative estimate of drug-likeness (QED) is 0.199. The molecule has 8 heteroatoms. The molecular formula is C36H39N3O5. The number of nitrogens with one attached hydrogen (secondary N) is 3. The van der Waals surface area contributed by atoms with Crippen LogP contribution in [0.15, 0.2) is 115 Å². The molecule has 8 nitrogen and oxygen atoms in total. The van der Waals surface area contributed by atoms with Crippen LogP contribution in [-0.4, -0.2) is 57.1 Å². The van der Waals surface area contributed by atoms with Crippen LogP contribution in [0.1, 0.15) is 29.0 Å². The van der Waals surface area contributed by atoms with Crippen LogP contribution in [0.2, 0.25) is 0 Å². The molecule has 3 unspecified atom stereocenters. The van der Waals surface area contributed by atoms with Gasteiger partial charge in [0.25, 0.3) is 0 Å². The molecule has 3 N–H and O–H groups in total. The lowest BCUT2D eigenvalue weighted by Gasteiger charge is -2.30. The van der Waals surface area contributed by atoms with Gasteiger partial charge >= 0.3 is 6.09 Å². The van der Waals surface area contributed by atoms with Crippen LogP contribution in [0.3, 0.4) is 0 Å². The number of methoxy groups -OCH3 is 1. The summed E-state index contributed by atoms with van der Waals surface area (Å²) < 4.78 is 16.9. The van der Waals surface area contributed by atoms with Crippen molar-refractivity contribution in [3.63, 3.8) is 0 Å². The van der Waals surface area contributed by atoms with Crippen LogP contribution in [0.4, 0.5) is 10.5 Å². The molecule has 0 radical (unpaired) electrons. The number of amides is 2. The molecule has 1 heterocycles. The Hall–Kier alpha value is -4.66. The molecule has 4 aromatic carbocycles. The number of carbonyl (C=O) groups excluding carboxylic acids is 2. The third-order valence-corrected chi connectivity index (χ3v) is 7.76. The predicted molar refractivity (Wildman–Crippen MR) is 171 cm³/mol. The van der Waals surface area contributed by atoms with E-state index in [-0.39, 0.29) is 18.1 Å². The molecule has 0 aromatic heterocycles. The zero-order valence-corrected chi connectivity index (χ0v) is 24.9. The number of carbonyl (C=O) groups is 2. The van der Waals surface area contributed by atoms with Crippen LogP contribution in [0.5, 0.6) is 5.75 Å². The Morgan fingerprint density at radius 3 is 2.09 bits per heavy atom. The van der Waals surface area contributed by atoms with Crippen molar-refractivity contribution < 1.29 is 23.8 Å². The molecule has 1 aliphatic rings. The standard InChI is InChI=1S/C36H39N3O5/c1-42-36(41)39-34(33(27-14-5-2-6-15-27)28-16-7-3-8-17-28)35(40)38-32-20-12-11-13-26(32)21-22-31-23-37-29(25-44-31)24-43-30-18-9-4-10-19-30/h2-20,29,31,33-34,37H,21-25H2,1H3,(H,38,40)(H,39,41). The van der Waals surface area contributed by atoms with Crippen molar-refractivity contribution >= 4 is 17.7 Å². The summed E-state index contributed by atoms with van der Waals surface area (Å²) in [5, 5.41) is 9.44. The first-order valence-electron chi connectivity index (χ1n) is 15.0. The van der Waals surface area contributed by atoms with Gasteiger partial charge in [-0.3, -0.25) is 4.79 Å². The van der Waals surface area contributed by atoms with E-state index >= 15 is 0 Å². The smallest absolute Gasteiger partial charge is 0.407 e. The largest absolute Gasteiger partial charge is 0.492 e. The molecule has 0 spiro atoms. The molecular weight excluding hydrogens is 554 g/mol. The van der Waals surface area contributed by atoms with Crippen LogP contribution in [0.25, 0.3) is 0 Å². The topological polar surface area (TPSA) is 97.9 Å². The van der Waals surface area contributed by atoms with E-state index in [1.54, 1.807) is 0 Å². The van der Waals surface area contributed by atoms with E-state index in [2.05, 4.69) is 16.0 Å². The van der Waals surface area contributed by atoms with E-state index in [9.17, 15) is 9.59 Å². The second-order valence-corrected chi connectivity index (χ2v) is 10.8. The van der Waals surface area contributed by atoms with Crippen LogP contribution < -0.4 is 20.7 Å². The van der Waals surface area contributed by atoms with Gasteiger partial charge in [-0.25, -0.2) is 4.79 Å². The maximum Gasteiger partial charge on any atom is 0.407 e. The number of morpholine rings is 1. The Morgan fingerprint density at radius 2 is 1.48 bits per heavy atom. The number of aryl methyl sites for hydroxylation is 1. The highest BCUT2D eigenvalue weighted by molar-refractivity contribution is 5.98. The number of rotatable bonds is 12. The number of ether oxygens (including phenoxy) is 3. The van der Waals surface area contributed by atoms with Gasteiger partial charge in [-0.2, -0.15) is 0 Å². The fraction of sp³-hybridized carbons (Fsp3) is 0.278. The summed E-state index contributed by atoms with van der Waals surface area (Å²) in [6.07, 6.45) is 0.863. The van der Waals surface area contributed by atoms with Crippen molar-refractivity contribution in [2.24, 2.45) is 0 Å². The summed E-state index contributed by atoms with van der Waals surface area (Å²) in [5.74, 6) is 0.0690. The lowest BCUT2D eigenvalue weighted by atomic mass is 9.84. The Morgan fingerprint density at radius 1 is 0.864 bits per heavy atom. The molecule has 4 aromatic rings. The highest BCUT2D eigenvalue weighted by Gasteiger charge is 2.33. The third kappa shape index (κ3) is 8.46. The molecule has 0 saturated carbocycles.